The third kappa shape index (κ3) is 4.38. The van der Waals surface area contributed by atoms with Crippen molar-refractivity contribution in [1.29, 1.82) is 0 Å². The van der Waals surface area contributed by atoms with Crippen molar-refractivity contribution in [3.63, 3.8) is 0 Å². The molecule has 3 rings (SSSR count). The first-order chi connectivity index (χ1) is 11.7. The smallest absolute Gasteiger partial charge is 0.198 e. The molecule has 1 saturated carbocycles. The molecule has 0 aliphatic heterocycles. The number of hydrogen-bond acceptors (Lipinski definition) is 1. The zero-order valence-corrected chi connectivity index (χ0v) is 14.9. The zero-order valence-electron chi connectivity index (χ0n) is 14.1. The molecule has 0 bridgehead atoms. The summed E-state index contributed by atoms with van der Waals surface area (Å²) < 4.78 is 24.8. The molecular weight excluding hydrogens is 322 g/mol. The van der Waals surface area contributed by atoms with E-state index in [-0.39, 0.29) is 0 Å². The van der Waals surface area contributed by atoms with E-state index in [9.17, 15) is 8.78 Å². The van der Waals surface area contributed by atoms with E-state index in [1.807, 2.05) is 12.1 Å². The Balaban J connectivity index is 1.66. The van der Waals surface area contributed by atoms with Crippen LogP contribution in [-0.4, -0.2) is 5.76 Å². The Bertz CT molecular complexity index is 626. The van der Waals surface area contributed by atoms with Crippen LogP contribution in [0.3, 0.4) is 0 Å². The van der Waals surface area contributed by atoms with E-state index >= 15 is 0 Å². The number of alkyl halides is 2. The zero-order chi connectivity index (χ0) is 16.9. The van der Waals surface area contributed by atoms with Crippen LogP contribution in [0.1, 0.15) is 50.5 Å². The Morgan fingerprint density at radius 3 is 1.92 bits per heavy atom. The lowest BCUT2D eigenvalue weighted by atomic mass is 9.77. The van der Waals surface area contributed by atoms with Crippen molar-refractivity contribution in [2.24, 2.45) is 5.92 Å². The predicted molar refractivity (Wildman–Crippen MR) is 98.7 cm³/mol. The van der Waals surface area contributed by atoms with Crippen molar-refractivity contribution in [3.8, 4) is 11.1 Å². The Morgan fingerprint density at radius 1 is 0.875 bits per heavy atom. The van der Waals surface area contributed by atoms with Crippen LogP contribution in [0.4, 0.5) is 8.78 Å². The predicted octanol–water partition coefficient (Wildman–Crippen LogP) is 7.35. The minimum absolute atomic E-state index is 0.592. The van der Waals surface area contributed by atoms with Crippen LogP contribution in [0.2, 0.25) is 0 Å². The molecule has 0 saturated heterocycles. The summed E-state index contributed by atoms with van der Waals surface area (Å²) in [6.45, 7) is 2.30. The Morgan fingerprint density at radius 2 is 1.42 bits per heavy atom. The van der Waals surface area contributed by atoms with Crippen LogP contribution in [0.25, 0.3) is 11.1 Å². The van der Waals surface area contributed by atoms with Crippen molar-refractivity contribution >= 4 is 11.8 Å². The highest BCUT2D eigenvalue weighted by molar-refractivity contribution is 7.99. The fourth-order valence-electron chi connectivity index (χ4n) is 3.68. The Hall–Kier alpha value is -1.35. The molecule has 1 fully saturated rings. The molecular formula is C21H24F2S. The molecule has 0 spiro atoms. The number of benzene rings is 2. The molecule has 3 heteroatoms. The molecule has 0 N–H and O–H groups in total. The molecule has 2 aromatic carbocycles. The standard InChI is InChI=1S/C21H24F2S/c1-2-15-3-5-16(6-4-15)17-7-9-18(10-8-17)19-11-13-20(14-12-19)24-21(22)23/h7-16,21H,2-6H2,1H3/t15-,16-. The second kappa shape index (κ2) is 8.15. The van der Waals surface area contributed by atoms with Gasteiger partial charge in [0.2, 0.25) is 0 Å². The molecule has 0 atom stereocenters. The van der Waals surface area contributed by atoms with Crippen molar-refractivity contribution in [1.82, 2.24) is 0 Å². The number of rotatable bonds is 5. The molecule has 0 nitrogen and oxygen atoms in total. The van der Waals surface area contributed by atoms with Crippen molar-refractivity contribution in [2.75, 3.05) is 0 Å². The summed E-state index contributed by atoms with van der Waals surface area (Å²) in [5.41, 5.74) is 3.67. The highest BCUT2D eigenvalue weighted by Gasteiger charge is 2.21. The van der Waals surface area contributed by atoms with E-state index in [4.69, 9.17) is 0 Å². The van der Waals surface area contributed by atoms with E-state index in [1.54, 1.807) is 12.1 Å². The van der Waals surface area contributed by atoms with Gasteiger partial charge in [0.25, 0.3) is 5.76 Å². The molecule has 0 radical (unpaired) electrons. The van der Waals surface area contributed by atoms with E-state index in [0.29, 0.717) is 22.6 Å². The van der Waals surface area contributed by atoms with Gasteiger partial charge < -0.3 is 0 Å². The van der Waals surface area contributed by atoms with E-state index in [0.717, 1.165) is 17.0 Å². The lowest BCUT2D eigenvalue weighted by Crippen LogP contribution is -2.12. The van der Waals surface area contributed by atoms with Crippen LogP contribution in [-0.2, 0) is 0 Å². The minimum atomic E-state index is -2.36. The number of thioether (sulfide) groups is 1. The van der Waals surface area contributed by atoms with Gasteiger partial charge in [0.15, 0.2) is 0 Å². The first-order valence-corrected chi connectivity index (χ1v) is 9.69. The molecule has 24 heavy (non-hydrogen) atoms. The molecule has 2 aromatic rings. The van der Waals surface area contributed by atoms with Gasteiger partial charge in [-0.1, -0.05) is 61.5 Å². The van der Waals surface area contributed by atoms with Crippen LogP contribution >= 0.6 is 11.8 Å². The van der Waals surface area contributed by atoms with Gasteiger partial charge in [-0.25, -0.2) is 0 Å². The maximum absolute atomic E-state index is 12.4. The highest BCUT2D eigenvalue weighted by Crippen LogP contribution is 2.37. The van der Waals surface area contributed by atoms with Crippen LogP contribution in [0, 0.1) is 5.92 Å². The van der Waals surface area contributed by atoms with Gasteiger partial charge in [-0.05, 0) is 66.3 Å². The summed E-state index contributed by atoms with van der Waals surface area (Å²) in [5.74, 6) is -0.741. The molecule has 0 amide bonds. The third-order valence-corrected chi connectivity index (χ3v) is 5.94. The first kappa shape index (κ1) is 17.5. The average Bonchev–Trinajstić information content (AvgIpc) is 2.62. The fourth-order valence-corrected chi connectivity index (χ4v) is 4.18. The van der Waals surface area contributed by atoms with Gasteiger partial charge in [0, 0.05) is 4.90 Å². The van der Waals surface area contributed by atoms with E-state index < -0.39 is 5.76 Å². The highest BCUT2D eigenvalue weighted by atomic mass is 32.2. The van der Waals surface area contributed by atoms with Gasteiger partial charge in [-0.3, -0.25) is 0 Å². The lowest BCUT2D eigenvalue weighted by Gasteiger charge is -2.28. The summed E-state index contributed by atoms with van der Waals surface area (Å²) in [6, 6.07) is 16.2. The molecule has 0 heterocycles. The van der Waals surface area contributed by atoms with Crippen LogP contribution in [0.5, 0.6) is 0 Å². The molecule has 128 valence electrons. The maximum atomic E-state index is 12.4. The maximum Gasteiger partial charge on any atom is 0.288 e. The van der Waals surface area contributed by atoms with Gasteiger partial charge in [-0.15, -0.1) is 0 Å². The topological polar surface area (TPSA) is 0 Å². The number of halogens is 2. The fraction of sp³-hybridized carbons (Fsp3) is 0.429. The van der Waals surface area contributed by atoms with Gasteiger partial charge in [-0.2, -0.15) is 8.78 Å². The molecule has 1 aliphatic rings. The normalized spacial score (nSPS) is 21.2. The SMILES string of the molecule is CC[C@H]1CC[C@H](c2ccc(-c3ccc(SC(F)F)cc3)cc2)CC1. The van der Waals surface area contributed by atoms with E-state index in [1.165, 1.54) is 37.7 Å². The Kier molecular flexibility index (Phi) is 5.94. The van der Waals surface area contributed by atoms with Gasteiger partial charge in [0.1, 0.15) is 0 Å². The van der Waals surface area contributed by atoms with Gasteiger partial charge in [0.05, 0.1) is 0 Å². The summed E-state index contributed by atoms with van der Waals surface area (Å²) in [4.78, 5) is 0.609. The van der Waals surface area contributed by atoms with Crippen LogP contribution in [0.15, 0.2) is 53.4 Å². The summed E-state index contributed by atoms with van der Waals surface area (Å²) in [7, 11) is 0. The second-order valence-electron chi connectivity index (χ2n) is 6.65. The van der Waals surface area contributed by atoms with Crippen LogP contribution < -0.4 is 0 Å². The van der Waals surface area contributed by atoms with Crippen molar-refractivity contribution in [2.45, 2.75) is 55.6 Å². The number of hydrogen-bond donors (Lipinski definition) is 0. The summed E-state index contributed by atoms with van der Waals surface area (Å²) >= 11 is 0.592. The van der Waals surface area contributed by atoms with E-state index in [2.05, 4.69) is 31.2 Å². The molecule has 1 aliphatic carbocycles. The van der Waals surface area contributed by atoms with Crippen molar-refractivity contribution < 1.29 is 8.78 Å². The molecule has 0 unspecified atom stereocenters. The summed E-state index contributed by atoms with van der Waals surface area (Å²) in [6.07, 6.45) is 6.62. The monoisotopic (exact) mass is 346 g/mol. The lowest BCUT2D eigenvalue weighted by molar-refractivity contribution is 0.252. The van der Waals surface area contributed by atoms with Gasteiger partial charge >= 0.3 is 0 Å². The van der Waals surface area contributed by atoms with Crippen molar-refractivity contribution in [3.05, 3.63) is 54.1 Å². The first-order valence-electron chi connectivity index (χ1n) is 8.81. The third-order valence-electron chi connectivity index (χ3n) is 5.22. The second-order valence-corrected chi connectivity index (χ2v) is 7.71. The largest absolute Gasteiger partial charge is 0.288 e. The minimum Gasteiger partial charge on any atom is -0.198 e. The quantitative estimate of drug-likeness (QED) is 0.510. The molecule has 0 aromatic heterocycles. The Labute approximate surface area is 147 Å². The average molecular weight is 346 g/mol. The summed E-state index contributed by atoms with van der Waals surface area (Å²) in [5, 5.41) is 0.